The molecule has 0 nitrogen and oxygen atoms in total. The summed E-state index contributed by atoms with van der Waals surface area (Å²) in [4.78, 5) is 0. The highest BCUT2D eigenvalue weighted by Gasteiger charge is 2.39. The van der Waals surface area contributed by atoms with Gasteiger partial charge in [-0.15, -0.1) is 0 Å². The van der Waals surface area contributed by atoms with Crippen LogP contribution in [0.15, 0.2) is 109 Å². The van der Waals surface area contributed by atoms with Gasteiger partial charge in [-0.25, -0.2) is 0 Å². The Hall–Kier alpha value is -3.90. The molecule has 5 aromatic rings. The van der Waals surface area contributed by atoms with Crippen molar-refractivity contribution in [3.8, 4) is 44.5 Å². The Morgan fingerprint density at radius 1 is 0.415 bits per heavy atom. The maximum Gasteiger partial charge on any atom is 0.0159 e. The van der Waals surface area contributed by atoms with E-state index in [1.807, 2.05) is 0 Å². The fourth-order valence-corrected chi connectivity index (χ4v) is 6.33. The summed E-state index contributed by atoms with van der Waals surface area (Å²) in [6.45, 7) is 18.7. The average molecular weight is 535 g/mol. The SMILES string of the molecule is CC(C)(C)c1ccc2c(c1)C(C)(C)c1cc(C(C)(C)C)cc(-c3cccc(-c4ccc(-c5ccccc5)cc4)c3)c1-2. The van der Waals surface area contributed by atoms with Crippen LogP contribution in [0.5, 0.6) is 0 Å². The van der Waals surface area contributed by atoms with Crippen LogP contribution < -0.4 is 0 Å². The molecule has 0 bridgehead atoms. The Labute approximate surface area is 247 Å². The zero-order valence-corrected chi connectivity index (χ0v) is 25.9. The average Bonchev–Trinajstić information content (AvgIpc) is 3.18. The molecule has 5 aromatic carbocycles. The van der Waals surface area contributed by atoms with Gasteiger partial charge in [0.05, 0.1) is 0 Å². The van der Waals surface area contributed by atoms with E-state index in [4.69, 9.17) is 0 Å². The largest absolute Gasteiger partial charge is 0.0622 e. The molecule has 0 saturated carbocycles. The molecule has 0 heteroatoms. The van der Waals surface area contributed by atoms with E-state index >= 15 is 0 Å². The summed E-state index contributed by atoms with van der Waals surface area (Å²) in [5.74, 6) is 0. The Morgan fingerprint density at radius 3 is 1.59 bits per heavy atom. The summed E-state index contributed by atoms with van der Waals surface area (Å²) < 4.78 is 0. The summed E-state index contributed by atoms with van der Waals surface area (Å²) in [5.41, 5.74) is 16.2. The van der Waals surface area contributed by atoms with Gasteiger partial charge in [0.15, 0.2) is 0 Å². The summed E-state index contributed by atoms with van der Waals surface area (Å²) in [6, 6.07) is 40.9. The predicted octanol–water partition coefficient (Wildman–Crippen LogP) is 11.6. The monoisotopic (exact) mass is 534 g/mol. The van der Waals surface area contributed by atoms with Crippen molar-refractivity contribution in [2.45, 2.75) is 71.6 Å². The molecule has 1 aliphatic carbocycles. The third-order valence-corrected chi connectivity index (χ3v) is 9.00. The van der Waals surface area contributed by atoms with Crippen molar-refractivity contribution in [3.63, 3.8) is 0 Å². The van der Waals surface area contributed by atoms with Crippen LogP contribution in [-0.2, 0) is 16.2 Å². The number of benzene rings is 5. The van der Waals surface area contributed by atoms with Crippen LogP contribution in [-0.4, -0.2) is 0 Å². The fraction of sp³-hybridized carbons (Fsp3) is 0.268. The minimum Gasteiger partial charge on any atom is -0.0622 e. The molecule has 0 amide bonds. The van der Waals surface area contributed by atoms with Gasteiger partial charge in [0, 0.05) is 5.41 Å². The van der Waals surface area contributed by atoms with Crippen molar-refractivity contribution in [2.24, 2.45) is 0 Å². The van der Waals surface area contributed by atoms with E-state index in [9.17, 15) is 0 Å². The Kier molecular flexibility index (Phi) is 6.38. The molecule has 0 spiro atoms. The molecule has 6 rings (SSSR count). The molecule has 1 aliphatic rings. The highest BCUT2D eigenvalue weighted by atomic mass is 14.4. The van der Waals surface area contributed by atoms with Crippen LogP contribution in [0.1, 0.15) is 77.6 Å². The molecule has 0 fully saturated rings. The topological polar surface area (TPSA) is 0 Å². The van der Waals surface area contributed by atoms with E-state index in [0.717, 1.165) is 0 Å². The standard InChI is InChI=1S/C41H42/c1-39(2,3)32-21-22-34-36(25-32)41(7,8)37-26-33(40(4,5)6)24-35(38(34)37)31-16-12-15-30(23-31)29-19-17-28(18-20-29)27-13-10-9-11-14-27/h9-26H,1-8H3. The lowest BCUT2D eigenvalue weighted by atomic mass is 9.76. The maximum absolute atomic E-state index is 2.49. The van der Waals surface area contributed by atoms with Crippen LogP contribution in [0, 0.1) is 0 Å². The second-order valence-electron chi connectivity index (χ2n) is 14.4. The minimum atomic E-state index is -0.0627. The molecule has 41 heavy (non-hydrogen) atoms. The molecule has 206 valence electrons. The molecular formula is C41H42. The first kappa shape index (κ1) is 27.3. The van der Waals surface area contributed by atoms with Gasteiger partial charge in [-0.05, 0) is 89.7 Å². The lowest BCUT2D eigenvalue weighted by molar-refractivity contribution is 0.580. The molecule has 0 aromatic heterocycles. The smallest absolute Gasteiger partial charge is 0.0159 e. The maximum atomic E-state index is 2.49. The first-order valence-corrected chi connectivity index (χ1v) is 14.9. The summed E-state index contributed by atoms with van der Waals surface area (Å²) >= 11 is 0. The van der Waals surface area contributed by atoms with E-state index in [1.165, 1.54) is 66.8 Å². The van der Waals surface area contributed by atoms with Crippen LogP contribution in [0.4, 0.5) is 0 Å². The Morgan fingerprint density at radius 2 is 0.951 bits per heavy atom. The summed E-state index contributed by atoms with van der Waals surface area (Å²) in [7, 11) is 0. The van der Waals surface area contributed by atoms with Gasteiger partial charge in [-0.1, -0.05) is 152 Å². The number of fused-ring (bicyclic) bond motifs is 3. The molecule has 0 saturated heterocycles. The normalized spacial score (nSPS) is 14.0. The van der Waals surface area contributed by atoms with E-state index in [-0.39, 0.29) is 16.2 Å². The molecule has 0 heterocycles. The molecule has 0 radical (unpaired) electrons. The number of rotatable bonds is 3. The predicted molar refractivity (Wildman–Crippen MR) is 178 cm³/mol. The molecule has 0 atom stereocenters. The zero-order valence-electron chi connectivity index (χ0n) is 25.9. The zero-order chi connectivity index (χ0) is 29.2. The number of hydrogen-bond donors (Lipinski definition) is 0. The lowest BCUT2D eigenvalue weighted by Crippen LogP contribution is -2.19. The second kappa shape index (κ2) is 9.59. The van der Waals surface area contributed by atoms with Gasteiger partial charge < -0.3 is 0 Å². The summed E-state index contributed by atoms with van der Waals surface area (Å²) in [5, 5.41) is 0. The van der Waals surface area contributed by atoms with E-state index in [2.05, 4.69) is 165 Å². The molecule has 0 N–H and O–H groups in total. The molecule has 0 unspecified atom stereocenters. The van der Waals surface area contributed by atoms with Crippen LogP contribution in [0.3, 0.4) is 0 Å². The van der Waals surface area contributed by atoms with Crippen molar-refractivity contribution in [1.82, 2.24) is 0 Å². The third kappa shape index (κ3) is 4.84. The quantitative estimate of drug-likeness (QED) is 0.216. The van der Waals surface area contributed by atoms with Gasteiger partial charge in [0.2, 0.25) is 0 Å². The van der Waals surface area contributed by atoms with E-state index < -0.39 is 0 Å². The lowest BCUT2D eigenvalue weighted by Gasteiger charge is -2.27. The highest BCUT2D eigenvalue weighted by molar-refractivity contribution is 5.94. The van der Waals surface area contributed by atoms with Gasteiger partial charge in [0.1, 0.15) is 0 Å². The van der Waals surface area contributed by atoms with Gasteiger partial charge >= 0.3 is 0 Å². The van der Waals surface area contributed by atoms with Gasteiger partial charge in [-0.2, -0.15) is 0 Å². The van der Waals surface area contributed by atoms with Crippen LogP contribution in [0.2, 0.25) is 0 Å². The summed E-state index contributed by atoms with van der Waals surface area (Å²) in [6.07, 6.45) is 0. The van der Waals surface area contributed by atoms with Crippen molar-refractivity contribution in [2.75, 3.05) is 0 Å². The first-order valence-electron chi connectivity index (χ1n) is 14.9. The first-order chi connectivity index (χ1) is 19.3. The van der Waals surface area contributed by atoms with Crippen LogP contribution >= 0.6 is 0 Å². The van der Waals surface area contributed by atoms with Crippen molar-refractivity contribution in [3.05, 3.63) is 131 Å². The molecular weight excluding hydrogens is 492 g/mol. The van der Waals surface area contributed by atoms with Gasteiger partial charge in [0.25, 0.3) is 0 Å². The van der Waals surface area contributed by atoms with Crippen molar-refractivity contribution < 1.29 is 0 Å². The number of hydrogen-bond acceptors (Lipinski definition) is 0. The Bertz CT molecular complexity index is 1730. The Balaban J connectivity index is 1.51. The fourth-order valence-electron chi connectivity index (χ4n) is 6.33. The van der Waals surface area contributed by atoms with Crippen molar-refractivity contribution >= 4 is 0 Å². The third-order valence-electron chi connectivity index (χ3n) is 9.00. The molecule has 0 aliphatic heterocycles. The van der Waals surface area contributed by atoms with Gasteiger partial charge in [-0.3, -0.25) is 0 Å². The van der Waals surface area contributed by atoms with Crippen molar-refractivity contribution in [1.29, 1.82) is 0 Å². The second-order valence-corrected chi connectivity index (χ2v) is 14.4. The van der Waals surface area contributed by atoms with Crippen LogP contribution in [0.25, 0.3) is 44.5 Å². The van der Waals surface area contributed by atoms with E-state index in [1.54, 1.807) is 0 Å². The minimum absolute atomic E-state index is 0.0517. The van der Waals surface area contributed by atoms with E-state index in [0.29, 0.717) is 0 Å². The highest BCUT2D eigenvalue weighted by Crippen LogP contribution is 2.54.